The zero-order valence-corrected chi connectivity index (χ0v) is 11.8. The van der Waals surface area contributed by atoms with Crippen LogP contribution in [-0.4, -0.2) is 26.3 Å². The van der Waals surface area contributed by atoms with Gasteiger partial charge in [0.25, 0.3) is 0 Å². The van der Waals surface area contributed by atoms with E-state index in [-0.39, 0.29) is 0 Å². The van der Waals surface area contributed by atoms with Crippen molar-refractivity contribution in [1.29, 1.82) is 0 Å². The fourth-order valence-electron chi connectivity index (χ4n) is 3.14. The molecule has 3 saturated carbocycles. The maximum atomic E-state index is 12.1. The van der Waals surface area contributed by atoms with Gasteiger partial charge in [-0.05, 0) is 44.4 Å². The van der Waals surface area contributed by atoms with Crippen molar-refractivity contribution in [2.45, 2.75) is 51.1 Å². The number of nitrogens with one attached hydrogen (secondary N) is 1. The maximum Gasteiger partial charge on any atom is 0.390 e. The number of rotatable bonds is 4. The topological polar surface area (TPSA) is 63.2 Å². The molecule has 0 aromatic heterocycles. The van der Waals surface area contributed by atoms with Crippen LogP contribution in [0.5, 0.6) is 0 Å². The summed E-state index contributed by atoms with van der Waals surface area (Å²) in [6.07, 6.45) is -1.37. The van der Waals surface area contributed by atoms with E-state index in [4.69, 9.17) is 0 Å². The molecule has 1 amide bonds. The highest BCUT2D eigenvalue weighted by molar-refractivity contribution is 7.90. The van der Waals surface area contributed by atoms with Crippen molar-refractivity contribution in [3.63, 3.8) is 0 Å². The molecule has 3 aliphatic carbocycles. The van der Waals surface area contributed by atoms with Crippen molar-refractivity contribution in [2.75, 3.05) is 5.75 Å². The Hall–Kier alpha value is -0.790. The first kappa shape index (κ1) is 15.6. The highest BCUT2D eigenvalue weighted by Gasteiger charge is 2.46. The van der Waals surface area contributed by atoms with Gasteiger partial charge in [0.15, 0.2) is 0 Å². The van der Waals surface area contributed by atoms with Crippen molar-refractivity contribution in [1.82, 2.24) is 4.72 Å². The smallest absolute Gasteiger partial charge is 0.273 e. The molecule has 20 heavy (non-hydrogen) atoms. The van der Waals surface area contributed by atoms with Crippen molar-refractivity contribution < 1.29 is 26.4 Å². The molecule has 8 heteroatoms. The molecule has 0 spiro atoms. The molecule has 0 aromatic carbocycles. The Morgan fingerprint density at radius 3 is 2.10 bits per heavy atom. The van der Waals surface area contributed by atoms with E-state index in [1.807, 2.05) is 4.72 Å². The molecule has 0 unspecified atom stereocenters. The first-order valence-electron chi connectivity index (χ1n) is 6.74. The Morgan fingerprint density at radius 1 is 1.15 bits per heavy atom. The van der Waals surface area contributed by atoms with Gasteiger partial charge in [-0.3, -0.25) is 9.52 Å². The van der Waals surface area contributed by atoms with Crippen LogP contribution < -0.4 is 4.72 Å². The summed E-state index contributed by atoms with van der Waals surface area (Å²) in [6.45, 7) is 0. The van der Waals surface area contributed by atoms with Gasteiger partial charge in [-0.15, -0.1) is 0 Å². The van der Waals surface area contributed by atoms with Crippen LogP contribution in [0, 0.1) is 11.3 Å². The molecule has 4 nitrogen and oxygen atoms in total. The molecule has 3 fully saturated rings. The lowest BCUT2D eigenvalue weighted by atomic mass is 9.60. The van der Waals surface area contributed by atoms with E-state index in [0.717, 1.165) is 19.3 Å². The van der Waals surface area contributed by atoms with Gasteiger partial charge in [0.05, 0.1) is 17.6 Å². The highest BCUT2D eigenvalue weighted by Crippen LogP contribution is 2.50. The van der Waals surface area contributed by atoms with Gasteiger partial charge in [-0.2, -0.15) is 13.2 Å². The highest BCUT2D eigenvalue weighted by atomic mass is 32.2. The second-order valence-corrected chi connectivity index (χ2v) is 7.72. The summed E-state index contributed by atoms with van der Waals surface area (Å²) >= 11 is 0. The first-order chi connectivity index (χ1) is 9.12. The molecule has 0 aliphatic heterocycles. The van der Waals surface area contributed by atoms with Crippen molar-refractivity contribution in [3.05, 3.63) is 0 Å². The van der Waals surface area contributed by atoms with Crippen molar-refractivity contribution in [3.8, 4) is 0 Å². The van der Waals surface area contributed by atoms with E-state index >= 15 is 0 Å². The van der Waals surface area contributed by atoms with Crippen LogP contribution in [-0.2, 0) is 14.8 Å². The molecule has 3 rings (SSSR count). The predicted octanol–water partition coefficient (Wildman–Crippen LogP) is 2.36. The predicted molar refractivity (Wildman–Crippen MR) is 66.2 cm³/mol. The third-order valence-electron chi connectivity index (χ3n) is 4.48. The van der Waals surface area contributed by atoms with E-state index in [1.54, 1.807) is 0 Å². The second-order valence-electron chi connectivity index (χ2n) is 5.88. The van der Waals surface area contributed by atoms with Crippen LogP contribution in [0.2, 0.25) is 0 Å². The number of hydrogen-bond acceptors (Lipinski definition) is 3. The Bertz CT molecular complexity index is 465. The van der Waals surface area contributed by atoms with E-state index in [2.05, 4.69) is 0 Å². The lowest BCUT2D eigenvalue weighted by Crippen LogP contribution is -2.49. The molecule has 0 saturated heterocycles. The Kier molecular flexibility index (Phi) is 4.05. The van der Waals surface area contributed by atoms with Crippen LogP contribution in [0.3, 0.4) is 0 Å². The molecule has 0 radical (unpaired) electrons. The molecule has 0 heterocycles. The van der Waals surface area contributed by atoms with Gasteiger partial charge in [-0.25, -0.2) is 8.42 Å². The molecule has 1 N–H and O–H groups in total. The molecule has 2 bridgehead atoms. The van der Waals surface area contributed by atoms with Crippen molar-refractivity contribution >= 4 is 15.9 Å². The Morgan fingerprint density at radius 2 is 1.65 bits per heavy atom. The summed E-state index contributed by atoms with van der Waals surface area (Å²) in [5.41, 5.74) is -0.681. The van der Waals surface area contributed by atoms with E-state index in [0.29, 0.717) is 25.2 Å². The summed E-state index contributed by atoms with van der Waals surface area (Å²) in [7, 11) is -4.21. The molecule has 3 aliphatic rings. The number of alkyl halides is 3. The summed E-state index contributed by atoms with van der Waals surface area (Å²) in [5.74, 6) is -1.09. The minimum absolute atomic E-state index is 0.613. The van der Waals surface area contributed by atoms with Crippen molar-refractivity contribution in [2.24, 2.45) is 11.3 Å². The number of sulfonamides is 1. The lowest BCUT2D eigenvalue weighted by molar-refractivity contribution is -0.135. The summed E-state index contributed by atoms with van der Waals surface area (Å²) < 4.78 is 61.1. The molecule has 0 atom stereocenters. The van der Waals surface area contributed by atoms with Crippen LogP contribution in [0.4, 0.5) is 13.2 Å². The summed E-state index contributed by atoms with van der Waals surface area (Å²) in [6, 6.07) is 0. The minimum atomic E-state index is -4.54. The molecule has 116 valence electrons. The standard InChI is InChI=1S/C12H18F3NO3S/c13-12(14,15)7-8-20(18,19)16-10(17)11-4-1-9(2-5-11)3-6-11/h9H,1-8H2,(H,16,17). The second kappa shape index (κ2) is 5.20. The molecular weight excluding hydrogens is 295 g/mol. The SMILES string of the molecule is O=C(NS(=O)(=O)CCC(F)(F)F)C12CCC(CC1)CC2. The van der Waals surface area contributed by atoms with Crippen LogP contribution in [0.15, 0.2) is 0 Å². The Balaban J connectivity index is 1.96. The van der Waals surface area contributed by atoms with E-state index in [9.17, 15) is 26.4 Å². The van der Waals surface area contributed by atoms with Crippen LogP contribution in [0.1, 0.15) is 44.9 Å². The van der Waals surface area contributed by atoms with E-state index in [1.165, 1.54) is 0 Å². The number of fused-ring (bicyclic) bond motifs is 3. The summed E-state index contributed by atoms with van der Waals surface area (Å²) in [5, 5.41) is 0. The number of carbonyl (C=O) groups is 1. The summed E-state index contributed by atoms with van der Waals surface area (Å²) in [4.78, 5) is 12.1. The molecule has 0 aromatic rings. The zero-order chi connectivity index (χ0) is 15.0. The quantitative estimate of drug-likeness (QED) is 0.866. The average molecular weight is 313 g/mol. The third-order valence-corrected chi connectivity index (χ3v) is 5.72. The lowest BCUT2D eigenvalue weighted by Gasteiger charge is -2.44. The number of amides is 1. The fourth-order valence-corrected chi connectivity index (χ4v) is 4.24. The number of carbonyl (C=O) groups excluding carboxylic acids is 1. The van der Waals surface area contributed by atoms with Gasteiger partial charge < -0.3 is 0 Å². The number of halogens is 3. The largest absolute Gasteiger partial charge is 0.390 e. The Labute approximate surface area is 116 Å². The normalized spacial score (nSPS) is 30.2. The maximum absolute atomic E-state index is 12.1. The minimum Gasteiger partial charge on any atom is -0.273 e. The fraction of sp³-hybridized carbons (Fsp3) is 0.917. The monoisotopic (exact) mass is 313 g/mol. The van der Waals surface area contributed by atoms with Gasteiger partial charge in [0, 0.05) is 0 Å². The van der Waals surface area contributed by atoms with E-state index < -0.39 is 39.7 Å². The first-order valence-corrected chi connectivity index (χ1v) is 8.39. The van der Waals surface area contributed by atoms with Gasteiger partial charge >= 0.3 is 6.18 Å². The number of hydrogen-bond donors (Lipinski definition) is 1. The van der Waals surface area contributed by atoms with Crippen LogP contribution in [0.25, 0.3) is 0 Å². The van der Waals surface area contributed by atoms with Crippen LogP contribution >= 0.6 is 0 Å². The third kappa shape index (κ3) is 3.65. The average Bonchev–Trinajstić information content (AvgIpc) is 2.38. The van der Waals surface area contributed by atoms with Gasteiger partial charge in [0.1, 0.15) is 0 Å². The van der Waals surface area contributed by atoms with Gasteiger partial charge in [-0.1, -0.05) is 0 Å². The van der Waals surface area contributed by atoms with Gasteiger partial charge in [0.2, 0.25) is 15.9 Å². The zero-order valence-electron chi connectivity index (χ0n) is 11.0. The molecular formula is C12H18F3NO3S.